The van der Waals surface area contributed by atoms with Gasteiger partial charge >= 0.3 is 0 Å². The Bertz CT molecular complexity index is 118. The van der Waals surface area contributed by atoms with E-state index < -0.39 is 17.1 Å². The molecule has 2 nitrogen and oxygen atoms in total. The van der Waals surface area contributed by atoms with E-state index in [1.807, 2.05) is 20.8 Å². The quantitative estimate of drug-likeness (QED) is 0.573. The summed E-state index contributed by atoms with van der Waals surface area (Å²) in [6, 6.07) is 0. The van der Waals surface area contributed by atoms with E-state index in [0.717, 1.165) is 0 Å². The van der Waals surface area contributed by atoms with Crippen LogP contribution in [-0.2, 0) is 0 Å². The smallest absolute Gasteiger partial charge is 0.222 e. The monoisotopic (exact) mass is 310 g/mol. The minimum absolute atomic E-state index is 0. The molecule has 0 bridgehead atoms. The normalized spacial score (nSPS) is 11.6. The predicted molar refractivity (Wildman–Crippen MR) is 81.5 cm³/mol. The Morgan fingerprint density at radius 3 is 1.13 bits per heavy atom. The molecule has 0 fully saturated rings. The fourth-order valence-corrected chi connectivity index (χ4v) is 1.80. The molecule has 0 saturated carbocycles. The maximum atomic E-state index is 5.51. The first-order chi connectivity index (χ1) is 6.47. The van der Waals surface area contributed by atoms with Crippen LogP contribution in [0.1, 0.15) is 41.5 Å². The zero-order valence-electron chi connectivity index (χ0n) is 10.6. The van der Waals surface area contributed by atoms with Crippen LogP contribution in [0.5, 0.6) is 0 Å². The molecule has 0 aromatic heterocycles. The lowest BCUT2D eigenvalue weighted by Crippen LogP contribution is -2.36. The van der Waals surface area contributed by atoms with Crippen LogP contribution in [0.2, 0.25) is 0 Å². The van der Waals surface area contributed by atoms with Gasteiger partial charge in [-0.25, -0.2) is 0 Å². The van der Waals surface area contributed by atoms with Gasteiger partial charge in [0.05, 0.1) is 0 Å². The Kier molecular flexibility index (Phi) is 16.8. The molecule has 0 unspecified atom stereocenters. The first kappa shape index (κ1) is 21.5. The Morgan fingerprint density at radius 2 is 1.13 bits per heavy atom. The van der Waals surface area contributed by atoms with E-state index in [1.54, 1.807) is 0 Å². The number of nitrogens with one attached hydrogen (secondary N) is 1. The molecule has 0 spiro atoms. The zero-order chi connectivity index (χ0) is 13.1. The number of nitrogens with two attached hydrogens (primary N) is 1. The van der Waals surface area contributed by atoms with Crippen molar-refractivity contribution in [1.29, 1.82) is 0 Å². The summed E-state index contributed by atoms with van der Waals surface area (Å²) in [5, 5.41) is 0. The summed E-state index contributed by atoms with van der Waals surface area (Å²) in [6.45, 7) is 12.2. The molecule has 0 atom stereocenters. The summed E-state index contributed by atoms with van der Waals surface area (Å²) >= 11 is 15.3. The van der Waals surface area contributed by atoms with Crippen LogP contribution in [0.15, 0.2) is 0 Å². The van der Waals surface area contributed by atoms with E-state index in [2.05, 4.69) is 25.8 Å². The van der Waals surface area contributed by atoms with Crippen LogP contribution in [-0.4, -0.2) is 28.2 Å². The highest BCUT2D eigenvalue weighted by molar-refractivity contribution is 7.22. The molecular weight excluding hydrogens is 287 g/mol. The third kappa shape index (κ3) is 97.6. The van der Waals surface area contributed by atoms with Gasteiger partial charge < -0.3 is 10.7 Å². The maximum Gasteiger partial charge on any atom is 0.222 e. The molecule has 0 heterocycles. The third-order valence-corrected chi connectivity index (χ3v) is 2.19. The van der Waals surface area contributed by atoms with Gasteiger partial charge in [0, 0.05) is 11.1 Å². The van der Waals surface area contributed by atoms with E-state index in [9.17, 15) is 0 Å². The minimum atomic E-state index is -0.639. The SMILES string of the molecule is CC(C)(C)N.CC(C)(C)N[SiH2]Cl.Cl[SiH2]Cl. The summed E-state index contributed by atoms with van der Waals surface area (Å²) in [7, 11) is -1.11. The molecule has 0 saturated heterocycles. The van der Waals surface area contributed by atoms with Crippen LogP contribution in [0, 0.1) is 0 Å². The highest BCUT2D eigenvalue weighted by atomic mass is 35.7. The van der Waals surface area contributed by atoms with Crippen molar-refractivity contribution in [3.8, 4) is 0 Å². The second kappa shape index (κ2) is 11.7. The van der Waals surface area contributed by atoms with Crippen molar-refractivity contribution in [2.45, 2.75) is 52.6 Å². The van der Waals surface area contributed by atoms with Crippen molar-refractivity contribution in [2.75, 3.05) is 0 Å². The van der Waals surface area contributed by atoms with Gasteiger partial charge in [-0.2, -0.15) is 33.2 Å². The highest BCUT2D eigenvalue weighted by Gasteiger charge is 2.05. The number of halogens is 3. The average molecular weight is 312 g/mol. The first-order valence-electron chi connectivity index (χ1n) is 4.69. The van der Waals surface area contributed by atoms with Crippen LogP contribution in [0.4, 0.5) is 0 Å². The Hall–Kier alpha value is 1.22. The average Bonchev–Trinajstić information content (AvgIpc) is 1.80. The van der Waals surface area contributed by atoms with Gasteiger partial charge in [-0.1, -0.05) is 0 Å². The largest absolute Gasteiger partial charge is 0.326 e. The van der Waals surface area contributed by atoms with Gasteiger partial charge in [0.15, 0.2) is 8.99 Å². The molecule has 0 aromatic rings. The molecule has 0 amide bonds. The third-order valence-electron chi connectivity index (χ3n) is 0.597. The molecule has 0 radical (unpaired) electrons. The molecule has 0 rings (SSSR count). The van der Waals surface area contributed by atoms with Crippen LogP contribution >= 0.6 is 33.2 Å². The molecule has 15 heavy (non-hydrogen) atoms. The molecule has 7 heteroatoms. The molecule has 96 valence electrons. The summed E-state index contributed by atoms with van der Waals surface area (Å²) in [5.41, 5.74) is 5.58. The van der Waals surface area contributed by atoms with Gasteiger partial charge in [-0.05, 0) is 41.5 Å². The van der Waals surface area contributed by atoms with Crippen molar-refractivity contribution in [3.05, 3.63) is 0 Å². The lowest BCUT2D eigenvalue weighted by atomic mass is 10.1. The summed E-state index contributed by atoms with van der Waals surface area (Å²) in [5.74, 6) is 0. The molecular formula is C8H25Cl3N2Si2. The highest BCUT2D eigenvalue weighted by Crippen LogP contribution is 1.95. The summed E-state index contributed by atoms with van der Waals surface area (Å²) in [4.78, 5) is 3.19. The number of hydrogen-bond acceptors (Lipinski definition) is 2. The number of hydrogen-bond donors (Lipinski definition) is 2. The molecule has 0 aliphatic carbocycles. The lowest BCUT2D eigenvalue weighted by Gasteiger charge is -2.17. The van der Waals surface area contributed by atoms with Crippen LogP contribution in [0.3, 0.4) is 0 Å². The van der Waals surface area contributed by atoms with E-state index in [0.29, 0.717) is 0 Å². The van der Waals surface area contributed by atoms with Gasteiger partial charge in [-0.15, -0.1) is 0 Å². The second-order valence-electron chi connectivity index (χ2n) is 5.03. The standard InChI is InChI=1S/C4H12ClNSi.C4H11N.Cl2H2Si/c1-4(2,3)6-7-5;1-4(2,3)5;1-3-2/h6H,7H2,1-3H3;5H2,1-3H3;3H2. The van der Waals surface area contributed by atoms with E-state index in [4.69, 9.17) is 39.0 Å². The molecule has 0 aliphatic rings. The van der Waals surface area contributed by atoms with Crippen LogP contribution in [0.25, 0.3) is 0 Å². The van der Waals surface area contributed by atoms with Crippen molar-refractivity contribution in [2.24, 2.45) is 5.73 Å². The van der Waals surface area contributed by atoms with Gasteiger partial charge in [0.2, 0.25) is 8.14 Å². The van der Waals surface area contributed by atoms with E-state index in [-0.39, 0.29) is 11.1 Å². The van der Waals surface area contributed by atoms with Crippen molar-refractivity contribution < 1.29 is 0 Å². The van der Waals surface area contributed by atoms with E-state index >= 15 is 0 Å². The first-order valence-corrected chi connectivity index (χ1v) is 11.8. The van der Waals surface area contributed by atoms with Gasteiger partial charge in [-0.3, -0.25) is 0 Å². The van der Waals surface area contributed by atoms with Crippen molar-refractivity contribution in [1.82, 2.24) is 4.98 Å². The van der Waals surface area contributed by atoms with Crippen LogP contribution < -0.4 is 10.7 Å². The van der Waals surface area contributed by atoms with E-state index in [1.165, 1.54) is 0 Å². The summed E-state index contributed by atoms with van der Waals surface area (Å²) < 4.78 is 0. The maximum absolute atomic E-state index is 5.51. The molecule has 0 aromatic carbocycles. The Labute approximate surface area is 113 Å². The predicted octanol–water partition coefficient (Wildman–Crippen LogP) is 1.82. The van der Waals surface area contributed by atoms with Gasteiger partial charge in [0.1, 0.15) is 0 Å². The zero-order valence-corrected chi connectivity index (χ0v) is 15.7. The number of rotatable bonds is 1. The summed E-state index contributed by atoms with van der Waals surface area (Å²) in [6.07, 6.45) is 0. The fourth-order valence-electron chi connectivity index (χ4n) is 0.200. The topological polar surface area (TPSA) is 38.0 Å². The van der Waals surface area contributed by atoms with Gasteiger partial charge in [0.25, 0.3) is 0 Å². The Balaban J connectivity index is -0.000000158. The van der Waals surface area contributed by atoms with Crippen molar-refractivity contribution >= 4 is 50.4 Å². The lowest BCUT2D eigenvalue weighted by molar-refractivity contribution is 0.526. The minimum Gasteiger partial charge on any atom is -0.326 e. The van der Waals surface area contributed by atoms with Crippen molar-refractivity contribution in [3.63, 3.8) is 0 Å². The Morgan fingerprint density at radius 1 is 0.933 bits per heavy atom. The molecule has 0 aliphatic heterocycles. The molecule has 3 N–H and O–H groups in total. The second-order valence-corrected chi connectivity index (χ2v) is 9.08. The fraction of sp³-hybridized carbons (Fsp3) is 1.00.